The van der Waals surface area contributed by atoms with Crippen LogP contribution in [-0.4, -0.2) is 58.5 Å². The number of pyridine rings is 2. The lowest BCUT2D eigenvalue weighted by atomic mass is 9.97. The Balaban J connectivity index is 1.09. The normalized spacial score (nSPS) is 17.4. The first-order chi connectivity index (χ1) is 23.9. The summed E-state index contributed by atoms with van der Waals surface area (Å²) in [7, 11) is 1.60. The number of nitrogens with one attached hydrogen (secondary N) is 4. The minimum atomic E-state index is 0.102. The summed E-state index contributed by atoms with van der Waals surface area (Å²) in [6.07, 6.45) is 6.86. The maximum atomic E-state index is 11.5. The van der Waals surface area contributed by atoms with E-state index >= 15 is 0 Å². The molecule has 0 aliphatic carbocycles. The van der Waals surface area contributed by atoms with Crippen LogP contribution in [0.3, 0.4) is 0 Å². The van der Waals surface area contributed by atoms with Crippen LogP contribution in [0.25, 0.3) is 39.2 Å². The molecule has 7 rings (SSSR count). The molecule has 2 atom stereocenters. The first-order valence-electron chi connectivity index (χ1n) is 16.5. The summed E-state index contributed by atoms with van der Waals surface area (Å²) >= 11 is 14.2. The molecule has 2 aromatic carbocycles. The number of halogens is 2. The molecule has 12 heteroatoms. The Bertz CT molecular complexity index is 2030. The largest absolute Gasteiger partial charge is 0.481 e. The van der Waals surface area contributed by atoms with Crippen LogP contribution < -0.4 is 26.0 Å². The second-order valence-corrected chi connectivity index (χ2v) is 13.2. The highest BCUT2D eigenvalue weighted by atomic mass is 35.5. The van der Waals surface area contributed by atoms with E-state index in [0.717, 1.165) is 57.6 Å². The Morgan fingerprint density at radius 1 is 0.816 bits per heavy atom. The summed E-state index contributed by atoms with van der Waals surface area (Å²) in [4.78, 5) is 32.6. The molecular weight excluding hydrogens is 661 g/mol. The molecule has 0 unspecified atom stereocenters. The monoisotopic (exact) mass is 697 g/mol. The minimum Gasteiger partial charge on any atom is -0.481 e. The molecule has 0 saturated carbocycles. The van der Waals surface area contributed by atoms with E-state index in [1.54, 1.807) is 7.11 Å². The molecular formula is C37H37Cl2N7O3. The summed E-state index contributed by atoms with van der Waals surface area (Å²) in [5, 5.41) is 13.9. The zero-order valence-electron chi connectivity index (χ0n) is 27.1. The van der Waals surface area contributed by atoms with Crippen LogP contribution in [0.5, 0.6) is 5.88 Å². The number of rotatable bonds is 12. The Kier molecular flexibility index (Phi) is 9.81. The van der Waals surface area contributed by atoms with Crippen LogP contribution in [0.1, 0.15) is 36.9 Å². The van der Waals surface area contributed by atoms with Crippen LogP contribution in [0, 0.1) is 0 Å². The maximum Gasteiger partial charge on any atom is 0.220 e. The lowest BCUT2D eigenvalue weighted by Crippen LogP contribution is -2.35. The molecule has 2 fully saturated rings. The number of fused-ring (bicyclic) bond motifs is 1. The molecule has 0 bridgehead atoms. The standard InChI is InChI=1S/C37H37Cl2N7O3/c1-49-37-23(17-40-18-24-9-12-33(47)43-24)8-11-31(45-37)30-7-3-6-29(36(30)39)28-5-2-4-27(35(28)38)22-14-15-46-21-26(42-32(46)16-22)20-41-19-25-10-13-34(48)44-25/h2-8,11,14-16,21,24-25,40-41H,9-10,12-13,17-20H2,1H3,(H,43,47)(H,44,48)/t24-,25+/m0/s1. The van der Waals surface area contributed by atoms with Crippen LogP contribution in [-0.2, 0) is 22.7 Å². The highest BCUT2D eigenvalue weighted by molar-refractivity contribution is 6.39. The lowest BCUT2D eigenvalue weighted by molar-refractivity contribution is -0.120. The summed E-state index contributed by atoms with van der Waals surface area (Å²) in [6.45, 7) is 2.56. The third-order valence-corrected chi connectivity index (χ3v) is 9.90. The summed E-state index contributed by atoms with van der Waals surface area (Å²) in [6, 6.07) is 20.1. The van der Waals surface area contributed by atoms with E-state index in [4.69, 9.17) is 37.9 Å². The summed E-state index contributed by atoms with van der Waals surface area (Å²) in [5.74, 6) is 0.731. The molecule has 252 valence electrons. The number of amides is 2. The molecule has 49 heavy (non-hydrogen) atoms. The topological polar surface area (TPSA) is 122 Å². The van der Waals surface area contributed by atoms with Gasteiger partial charge in [-0.25, -0.2) is 9.97 Å². The van der Waals surface area contributed by atoms with Gasteiger partial charge in [-0.15, -0.1) is 0 Å². The minimum absolute atomic E-state index is 0.102. The van der Waals surface area contributed by atoms with Crippen molar-refractivity contribution in [1.82, 2.24) is 35.6 Å². The number of hydrogen-bond acceptors (Lipinski definition) is 7. The third kappa shape index (κ3) is 7.28. The molecule has 4 N–H and O–H groups in total. The van der Waals surface area contributed by atoms with E-state index in [2.05, 4.69) is 21.3 Å². The van der Waals surface area contributed by atoms with Crippen molar-refractivity contribution in [2.45, 2.75) is 50.9 Å². The molecule has 0 spiro atoms. The van der Waals surface area contributed by atoms with Gasteiger partial charge in [-0.3, -0.25) is 9.59 Å². The Morgan fingerprint density at radius 3 is 2.10 bits per heavy atom. The number of hydrogen-bond donors (Lipinski definition) is 4. The number of carbonyl (C=O) groups is 2. The van der Waals surface area contributed by atoms with Crippen molar-refractivity contribution in [2.24, 2.45) is 0 Å². The first kappa shape index (κ1) is 33.0. The van der Waals surface area contributed by atoms with Gasteiger partial charge in [0.1, 0.15) is 5.65 Å². The van der Waals surface area contributed by atoms with Crippen molar-refractivity contribution in [2.75, 3.05) is 20.2 Å². The zero-order valence-corrected chi connectivity index (χ0v) is 28.6. The van der Waals surface area contributed by atoms with Crippen LogP contribution in [0.4, 0.5) is 0 Å². The predicted octanol–water partition coefficient (Wildman–Crippen LogP) is 5.78. The molecule has 5 aromatic rings. The average molecular weight is 699 g/mol. The van der Waals surface area contributed by atoms with Crippen molar-refractivity contribution >= 4 is 40.7 Å². The second kappa shape index (κ2) is 14.6. The van der Waals surface area contributed by atoms with Gasteiger partial charge in [0.25, 0.3) is 0 Å². The van der Waals surface area contributed by atoms with Crippen LogP contribution in [0.2, 0.25) is 10.0 Å². The quantitative estimate of drug-likeness (QED) is 0.130. The smallest absolute Gasteiger partial charge is 0.220 e. The van der Waals surface area contributed by atoms with Crippen molar-refractivity contribution in [1.29, 1.82) is 0 Å². The number of nitrogens with zero attached hydrogens (tertiary/aromatic N) is 3. The van der Waals surface area contributed by atoms with E-state index in [0.29, 0.717) is 60.6 Å². The molecule has 0 radical (unpaired) electrons. The number of imidazole rings is 1. The van der Waals surface area contributed by atoms with Crippen LogP contribution >= 0.6 is 23.2 Å². The predicted molar refractivity (Wildman–Crippen MR) is 192 cm³/mol. The van der Waals surface area contributed by atoms with E-state index in [9.17, 15) is 9.59 Å². The molecule has 5 heterocycles. The van der Waals surface area contributed by atoms with Gasteiger partial charge in [0.05, 0.1) is 28.5 Å². The van der Waals surface area contributed by atoms with Crippen molar-refractivity contribution in [3.05, 3.63) is 94.4 Å². The molecule has 2 aliphatic heterocycles. The van der Waals surface area contributed by atoms with E-state index < -0.39 is 0 Å². The highest BCUT2D eigenvalue weighted by Crippen LogP contribution is 2.42. The average Bonchev–Trinajstić information content (AvgIpc) is 3.84. The van der Waals surface area contributed by atoms with Gasteiger partial charge in [-0.2, -0.15) is 0 Å². The van der Waals surface area contributed by atoms with Gasteiger partial charge < -0.3 is 30.4 Å². The maximum absolute atomic E-state index is 11.5. The van der Waals surface area contributed by atoms with Gasteiger partial charge in [0.15, 0.2) is 0 Å². The Morgan fingerprint density at radius 2 is 1.45 bits per heavy atom. The Hall–Kier alpha value is -4.48. The lowest BCUT2D eigenvalue weighted by Gasteiger charge is -2.15. The number of aromatic nitrogens is 3. The number of carbonyl (C=O) groups excluding carboxylic acids is 2. The van der Waals surface area contributed by atoms with Crippen LogP contribution in [0.15, 0.2) is 73.1 Å². The van der Waals surface area contributed by atoms with E-state index in [-0.39, 0.29) is 23.9 Å². The SMILES string of the molecule is COc1nc(-c2cccc(-c3cccc(-c4ccn5cc(CNC[C@H]6CCC(=O)N6)nc5c4)c3Cl)c2Cl)ccc1CNC[C@@H]1CCC(=O)N1. The molecule has 3 aromatic heterocycles. The molecule has 2 saturated heterocycles. The van der Waals surface area contributed by atoms with E-state index in [1.807, 2.05) is 77.5 Å². The van der Waals surface area contributed by atoms with E-state index in [1.165, 1.54) is 0 Å². The van der Waals surface area contributed by atoms with Crippen molar-refractivity contribution in [3.63, 3.8) is 0 Å². The highest BCUT2D eigenvalue weighted by Gasteiger charge is 2.22. The zero-order chi connectivity index (χ0) is 33.9. The summed E-state index contributed by atoms with van der Waals surface area (Å²) in [5.41, 5.74) is 7.51. The molecule has 2 aliphatic rings. The fourth-order valence-electron chi connectivity index (χ4n) is 6.53. The van der Waals surface area contributed by atoms with Gasteiger partial charge in [-0.1, -0.05) is 65.7 Å². The number of methoxy groups -OCH3 is 1. The van der Waals surface area contributed by atoms with Crippen molar-refractivity contribution < 1.29 is 14.3 Å². The number of ether oxygens (including phenoxy) is 1. The molecule has 2 amide bonds. The fourth-order valence-corrected chi connectivity index (χ4v) is 7.20. The molecule has 10 nitrogen and oxygen atoms in total. The Labute approximate surface area is 294 Å². The van der Waals surface area contributed by atoms with Gasteiger partial charge in [0.2, 0.25) is 17.7 Å². The summed E-state index contributed by atoms with van der Waals surface area (Å²) < 4.78 is 7.65. The third-order valence-electron chi connectivity index (χ3n) is 9.09. The van der Waals surface area contributed by atoms with Gasteiger partial charge in [-0.05, 0) is 36.6 Å². The first-order valence-corrected chi connectivity index (χ1v) is 17.2. The van der Waals surface area contributed by atoms with Crippen molar-refractivity contribution in [3.8, 4) is 39.4 Å². The van der Waals surface area contributed by atoms with Gasteiger partial charge in [0, 0.05) is 91.3 Å². The van der Waals surface area contributed by atoms with Gasteiger partial charge >= 0.3 is 0 Å². The fraction of sp³-hybridized carbons (Fsp3) is 0.297. The second-order valence-electron chi connectivity index (χ2n) is 12.5. The number of benzene rings is 2.